The van der Waals surface area contributed by atoms with Crippen LogP contribution in [0.3, 0.4) is 0 Å². The van der Waals surface area contributed by atoms with Gasteiger partial charge < -0.3 is 24.8 Å². The predicted octanol–water partition coefficient (Wildman–Crippen LogP) is 8.47. The summed E-state index contributed by atoms with van der Waals surface area (Å²) in [4.78, 5) is 43.3. The lowest BCUT2D eigenvalue weighted by Crippen LogP contribution is -2.25. The van der Waals surface area contributed by atoms with Gasteiger partial charge in [0.05, 0.1) is 36.6 Å². The number of benzene rings is 3. The number of hydrogen-bond acceptors (Lipinski definition) is 8. The molecular weight excluding hydrogens is 708 g/mol. The van der Waals surface area contributed by atoms with Crippen LogP contribution < -0.4 is 15.4 Å². The molecule has 0 unspecified atom stereocenters. The Morgan fingerprint density at radius 3 is 2.38 bits per heavy atom. The highest BCUT2D eigenvalue weighted by Gasteiger charge is 2.30. The number of nitrogens with one attached hydrogen (secondary N) is 2. The Bertz CT molecular complexity index is 1910. The summed E-state index contributed by atoms with van der Waals surface area (Å²) in [5.41, 5.74) is 1.85. The van der Waals surface area contributed by atoms with Crippen molar-refractivity contribution in [2.75, 3.05) is 24.3 Å². The van der Waals surface area contributed by atoms with Crippen LogP contribution in [0.5, 0.6) is 5.75 Å². The van der Waals surface area contributed by atoms with E-state index >= 15 is 0 Å². The molecule has 5 rings (SSSR count). The van der Waals surface area contributed by atoms with Gasteiger partial charge in [-0.25, -0.2) is 0 Å². The number of ether oxygens (including phenoxy) is 3. The maximum Gasteiger partial charge on any atom is 0.416 e. The fraction of sp³-hybridized carbons (Fsp3) is 0.350. The number of rotatable bonds is 13. The molecule has 2 N–H and O–H groups in total. The third-order valence-electron chi connectivity index (χ3n) is 8.04. The number of amides is 2. The zero-order valence-corrected chi connectivity index (χ0v) is 30.6. The van der Waals surface area contributed by atoms with Crippen LogP contribution in [0.25, 0.3) is 11.3 Å². The lowest BCUT2D eigenvalue weighted by Gasteiger charge is -2.24. The van der Waals surface area contributed by atoms with Gasteiger partial charge in [0.25, 0.3) is 11.8 Å². The molecule has 2 heterocycles. The smallest absolute Gasteiger partial charge is 0.416 e. The van der Waals surface area contributed by atoms with Crippen LogP contribution in [0.15, 0.2) is 85.1 Å². The Hall–Kier alpha value is -4.88. The minimum absolute atomic E-state index is 0.0531. The highest BCUT2D eigenvalue weighted by Crippen LogP contribution is 2.33. The predicted molar refractivity (Wildman–Crippen MR) is 198 cm³/mol. The normalized spacial score (nSPS) is 13.6. The number of hydrogen-bond donors (Lipinski definition) is 2. The molecule has 0 atom stereocenters. The highest BCUT2D eigenvalue weighted by atomic mass is 32.2. The number of halogens is 3. The molecule has 3 aromatic carbocycles. The molecule has 2 amide bonds. The van der Waals surface area contributed by atoms with Crippen molar-refractivity contribution in [2.24, 2.45) is 0 Å². The van der Waals surface area contributed by atoms with E-state index in [9.17, 15) is 27.6 Å². The molecule has 1 fully saturated rings. The first-order valence-electron chi connectivity index (χ1n) is 17.2. The third-order valence-corrected chi connectivity index (χ3v) is 9.07. The van der Waals surface area contributed by atoms with Gasteiger partial charge in [0.15, 0.2) is 0 Å². The molecule has 0 saturated carbocycles. The molecule has 0 bridgehead atoms. The van der Waals surface area contributed by atoms with Gasteiger partial charge >= 0.3 is 12.1 Å². The Labute approximate surface area is 311 Å². The fourth-order valence-corrected chi connectivity index (χ4v) is 6.37. The summed E-state index contributed by atoms with van der Waals surface area (Å²) in [6.45, 7) is 6.55. The van der Waals surface area contributed by atoms with Crippen LogP contribution in [0, 0.1) is 0 Å². The van der Waals surface area contributed by atoms with E-state index in [1.54, 1.807) is 54.2 Å². The van der Waals surface area contributed by atoms with E-state index < -0.39 is 23.2 Å². The summed E-state index contributed by atoms with van der Waals surface area (Å²) in [5, 5.41) is 5.66. The van der Waals surface area contributed by atoms with Gasteiger partial charge in [-0.15, -0.1) is 0 Å². The molecular formula is C40H42F3N3O6S. The highest BCUT2D eigenvalue weighted by molar-refractivity contribution is 7.98. The molecule has 13 heteroatoms. The SMILES string of the molecule is CC(C)(C)OC(=O)CCSCc1cccc(C(=O)Nc2ccc(OC3CCOCC3)cc2-c2cc(C(=O)NCc3cccc(C(F)(F)F)c3)ccn2)c1. The number of anilines is 1. The van der Waals surface area contributed by atoms with Crippen LogP contribution in [0.1, 0.15) is 77.4 Å². The number of carbonyl (C=O) groups excluding carboxylic acids is 3. The van der Waals surface area contributed by atoms with E-state index in [1.807, 2.05) is 26.8 Å². The van der Waals surface area contributed by atoms with E-state index in [4.69, 9.17) is 14.2 Å². The van der Waals surface area contributed by atoms with E-state index in [0.29, 0.717) is 58.5 Å². The Kier molecular flexibility index (Phi) is 13.2. The number of alkyl halides is 3. The van der Waals surface area contributed by atoms with Gasteiger partial charge in [0.2, 0.25) is 0 Å². The first-order chi connectivity index (χ1) is 25.2. The van der Waals surface area contributed by atoms with Crippen molar-refractivity contribution in [2.45, 2.75) is 70.2 Å². The number of thioether (sulfide) groups is 1. The first kappa shape index (κ1) is 39.3. The number of aromatic nitrogens is 1. The molecule has 0 aliphatic carbocycles. The number of nitrogens with zero attached hydrogens (tertiary/aromatic N) is 1. The second-order valence-corrected chi connectivity index (χ2v) is 14.6. The maximum atomic E-state index is 13.6. The number of carbonyl (C=O) groups is 3. The van der Waals surface area contributed by atoms with Crippen molar-refractivity contribution in [1.82, 2.24) is 10.3 Å². The molecule has 4 aromatic rings. The monoisotopic (exact) mass is 749 g/mol. The van der Waals surface area contributed by atoms with Crippen molar-refractivity contribution in [1.29, 1.82) is 0 Å². The molecule has 1 aromatic heterocycles. The molecule has 0 spiro atoms. The van der Waals surface area contributed by atoms with Crippen molar-refractivity contribution in [3.8, 4) is 17.0 Å². The van der Waals surface area contributed by atoms with E-state index in [0.717, 1.165) is 30.5 Å². The summed E-state index contributed by atoms with van der Waals surface area (Å²) in [7, 11) is 0. The summed E-state index contributed by atoms with van der Waals surface area (Å²) < 4.78 is 56.7. The second-order valence-electron chi connectivity index (χ2n) is 13.5. The average Bonchev–Trinajstić information content (AvgIpc) is 3.12. The zero-order valence-electron chi connectivity index (χ0n) is 29.8. The molecule has 9 nitrogen and oxygen atoms in total. The molecule has 1 saturated heterocycles. The topological polar surface area (TPSA) is 116 Å². The van der Waals surface area contributed by atoms with Gasteiger partial charge in [0, 0.05) is 53.8 Å². The molecule has 1 aliphatic heterocycles. The summed E-state index contributed by atoms with van der Waals surface area (Å²) in [5.74, 6) is 0.601. The van der Waals surface area contributed by atoms with Gasteiger partial charge in [-0.3, -0.25) is 19.4 Å². The Morgan fingerprint density at radius 1 is 0.887 bits per heavy atom. The molecule has 1 aliphatic rings. The minimum Gasteiger partial charge on any atom is -0.490 e. The summed E-state index contributed by atoms with van der Waals surface area (Å²) >= 11 is 1.57. The summed E-state index contributed by atoms with van der Waals surface area (Å²) in [6.07, 6.45) is -1.36. The number of pyridine rings is 1. The van der Waals surface area contributed by atoms with E-state index in [1.165, 1.54) is 24.4 Å². The second kappa shape index (κ2) is 17.8. The Balaban J connectivity index is 1.32. The number of esters is 1. The van der Waals surface area contributed by atoms with Gasteiger partial charge in [-0.1, -0.05) is 24.3 Å². The van der Waals surface area contributed by atoms with Crippen LogP contribution >= 0.6 is 11.8 Å². The van der Waals surface area contributed by atoms with E-state index in [-0.39, 0.29) is 36.5 Å². The van der Waals surface area contributed by atoms with Gasteiger partial charge in [-0.2, -0.15) is 24.9 Å². The van der Waals surface area contributed by atoms with Crippen LogP contribution in [-0.2, 0) is 32.7 Å². The first-order valence-corrected chi connectivity index (χ1v) is 18.4. The fourth-order valence-electron chi connectivity index (χ4n) is 5.50. The maximum absolute atomic E-state index is 13.6. The largest absolute Gasteiger partial charge is 0.490 e. The molecule has 0 radical (unpaired) electrons. The van der Waals surface area contributed by atoms with E-state index in [2.05, 4.69) is 15.6 Å². The third kappa shape index (κ3) is 12.1. The van der Waals surface area contributed by atoms with Gasteiger partial charge in [-0.05, 0) is 86.5 Å². The van der Waals surface area contributed by atoms with Crippen molar-refractivity contribution in [3.05, 3.63) is 113 Å². The standard InChI is InChI=1S/C40H42F3N3O6S/c1-39(2,3)52-36(47)15-19-53-25-27-7-4-8-28(20-27)38(49)46-34-11-10-32(51-31-13-17-50-18-14-31)23-33(34)35-22-29(12-16-44-35)37(48)45-24-26-6-5-9-30(21-26)40(41,42)43/h4-12,16,20-23,31H,13-15,17-19,24-25H2,1-3H3,(H,45,48)(H,46,49). The van der Waals surface area contributed by atoms with Crippen LogP contribution in [-0.4, -0.2) is 53.4 Å². The summed E-state index contributed by atoms with van der Waals surface area (Å²) in [6, 6.07) is 20.3. The van der Waals surface area contributed by atoms with Crippen LogP contribution in [0.2, 0.25) is 0 Å². The quantitative estimate of drug-likeness (QED) is 0.103. The molecule has 53 heavy (non-hydrogen) atoms. The van der Waals surface area contributed by atoms with Crippen molar-refractivity contribution in [3.63, 3.8) is 0 Å². The minimum atomic E-state index is -4.50. The van der Waals surface area contributed by atoms with Crippen molar-refractivity contribution < 1.29 is 41.8 Å². The molecule has 280 valence electrons. The van der Waals surface area contributed by atoms with Crippen molar-refractivity contribution >= 4 is 35.2 Å². The zero-order chi connectivity index (χ0) is 38.0. The lowest BCUT2D eigenvalue weighted by atomic mass is 10.0. The van der Waals surface area contributed by atoms with Crippen LogP contribution in [0.4, 0.5) is 18.9 Å². The lowest BCUT2D eigenvalue weighted by molar-refractivity contribution is -0.154. The average molecular weight is 750 g/mol. The Morgan fingerprint density at radius 2 is 1.62 bits per heavy atom. The van der Waals surface area contributed by atoms with Gasteiger partial charge in [0.1, 0.15) is 17.5 Å².